The van der Waals surface area contributed by atoms with Gasteiger partial charge in [0.1, 0.15) is 0 Å². The average Bonchev–Trinajstić information content (AvgIpc) is 2.81. The Morgan fingerprint density at radius 2 is 1.69 bits per heavy atom. The first kappa shape index (κ1) is 26.1. The largest absolute Gasteiger partial charge is 0.372 e. The van der Waals surface area contributed by atoms with Crippen molar-refractivity contribution >= 4 is 35.8 Å². The zero-order chi connectivity index (χ0) is 21.9. The van der Waals surface area contributed by atoms with E-state index in [9.17, 15) is 4.79 Å². The molecular formula is C25H35IN4O2. The molecule has 2 N–H and O–H groups in total. The van der Waals surface area contributed by atoms with E-state index in [-0.39, 0.29) is 29.9 Å². The van der Waals surface area contributed by atoms with E-state index in [1.165, 1.54) is 16.7 Å². The number of carbonyl (C=O) groups excluding carboxylic acids is 1. The van der Waals surface area contributed by atoms with E-state index >= 15 is 0 Å². The van der Waals surface area contributed by atoms with Crippen LogP contribution in [0.15, 0.2) is 59.6 Å². The van der Waals surface area contributed by atoms with Gasteiger partial charge in [-0.05, 0) is 35.4 Å². The van der Waals surface area contributed by atoms with Crippen molar-refractivity contribution < 1.29 is 9.53 Å². The van der Waals surface area contributed by atoms with Gasteiger partial charge in [-0.2, -0.15) is 0 Å². The molecule has 0 unspecified atom stereocenters. The van der Waals surface area contributed by atoms with Crippen LogP contribution in [0.1, 0.15) is 36.0 Å². The highest BCUT2D eigenvalue weighted by atomic mass is 127. The van der Waals surface area contributed by atoms with Crippen molar-refractivity contribution in [2.24, 2.45) is 10.9 Å². The number of rotatable bonds is 8. The van der Waals surface area contributed by atoms with E-state index in [0.29, 0.717) is 25.6 Å². The van der Waals surface area contributed by atoms with Crippen LogP contribution < -0.4 is 10.6 Å². The molecule has 1 aliphatic rings. The minimum absolute atomic E-state index is 0. The number of hydrogen-bond donors (Lipinski definition) is 2. The Balaban J connectivity index is 0.00000363. The second-order valence-corrected chi connectivity index (χ2v) is 8.01. The zero-order valence-corrected chi connectivity index (χ0v) is 21.4. The van der Waals surface area contributed by atoms with Crippen molar-refractivity contribution in [1.29, 1.82) is 0 Å². The number of nitrogens with one attached hydrogen (secondary N) is 2. The summed E-state index contributed by atoms with van der Waals surface area (Å²) < 4.78 is 5.87. The molecule has 1 heterocycles. The Kier molecular flexibility index (Phi) is 11.5. The summed E-state index contributed by atoms with van der Waals surface area (Å²) in [5.41, 5.74) is 3.56. The van der Waals surface area contributed by atoms with Gasteiger partial charge in [0.15, 0.2) is 5.96 Å². The van der Waals surface area contributed by atoms with Gasteiger partial charge >= 0.3 is 0 Å². The molecule has 3 rings (SSSR count). The molecule has 1 fully saturated rings. The number of halogens is 1. The molecule has 6 nitrogen and oxygen atoms in total. The van der Waals surface area contributed by atoms with Crippen molar-refractivity contribution in [3.05, 3.63) is 71.3 Å². The maximum atomic E-state index is 11.6. The molecule has 32 heavy (non-hydrogen) atoms. The van der Waals surface area contributed by atoms with Gasteiger partial charge < -0.3 is 20.3 Å². The minimum Gasteiger partial charge on any atom is -0.372 e. The van der Waals surface area contributed by atoms with Gasteiger partial charge in [0.25, 0.3) is 0 Å². The first-order valence-corrected chi connectivity index (χ1v) is 11.0. The maximum Gasteiger partial charge on any atom is 0.220 e. The van der Waals surface area contributed by atoms with Crippen LogP contribution in [-0.4, -0.2) is 44.0 Å². The number of hydrogen-bond acceptors (Lipinski definition) is 3. The predicted octanol–water partition coefficient (Wildman–Crippen LogP) is 3.94. The molecule has 0 aliphatic carbocycles. The normalized spacial score (nSPS) is 14.6. The fourth-order valence-electron chi connectivity index (χ4n) is 3.92. The molecule has 0 aromatic heterocycles. The smallest absolute Gasteiger partial charge is 0.220 e. The highest BCUT2D eigenvalue weighted by Gasteiger charge is 2.23. The third kappa shape index (κ3) is 8.43. The fraction of sp³-hybridized carbons (Fsp3) is 0.440. The van der Waals surface area contributed by atoms with Crippen LogP contribution in [-0.2, 0) is 29.3 Å². The van der Waals surface area contributed by atoms with Crippen LogP contribution in [0.2, 0.25) is 0 Å². The summed E-state index contributed by atoms with van der Waals surface area (Å²) >= 11 is 0. The number of ether oxygens (including phenoxy) is 1. The van der Waals surface area contributed by atoms with Crippen molar-refractivity contribution in [1.82, 2.24) is 15.5 Å². The van der Waals surface area contributed by atoms with Gasteiger partial charge in [0.05, 0.1) is 13.2 Å². The Bertz CT molecular complexity index is 852. The molecule has 0 spiro atoms. The lowest BCUT2D eigenvalue weighted by Gasteiger charge is -2.34. The van der Waals surface area contributed by atoms with Gasteiger partial charge in [-0.15, -0.1) is 24.0 Å². The predicted molar refractivity (Wildman–Crippen MR) is 140 cm³/mol. The van der Waals surface area contributed by atoms with Crippen molar-refractivity contribution in [3.63, 3.8) is 0 Å². The molecule has 0 saturated carbocycles. The number of benzene rings is 2. The van der Waals surface area contributed by atoms with Crippen molar-refractivity contribution in [2.75, 3.05) is 27.2 Å². The quantitative estimate of drug-likeness (QED) is 0.297. The molecule has 7 heteroatoms. The number of guanidine groups is 1. The van der Waals surface area contributed by atoms with Crippen LogP contribution in [0, 0.1) is 5.92 Å². The lowest BCUT2D eigenvalue weighted by molar-refractivity contribution is -0.121. The molecule has 0 atom stereocenters. The van der Waals surface area contributed by atoms with Crippen molar-refractivity contribution in [2.45, 2.75) is 39.0 Å². The van der Waals surface area contributed by atoms with Crippen LogP contribution in [0.5, 0.6) is 0 Å². The number of amides is 1. The van der Waals surface area contributed by atoms with E-state index in [0.717, 1.165) is 38.4 Å². The molecule has 2 aromatic carbocycles. The third-order valence-electron chi connectivity index (χ3n) is 5.70. The monoisotopic (exact) mass is 550 g/mol. The van der Waals surface area contributed by atoms with Crippen LogP contribution in [0.3, 0.4) is 0 Å². The third-order valence-corrected chi connectivity index (χ3v) is 5.70. The summed E-state index contributed by atoms with van der Waals surface area (Å²) in [5, 5.41) is 6.21. The number of likely N-dealkylation sites (tertiary alicyclic amines) is 1. The molecule has 0 radical (unpaired) electrons. The summed E-state index contributed by atoms with van der Waals surface area (Å²) in [6, 6.07) is 18.7. The number of carbonyl (C=O) groups is 1. The maximum absolute atomic E-state index is 11.6. The zero-order valence-electron chi connectivity index (χ0n) is 19.0. The molecular weight excluding hydrogens is 515 g/mol. The number of nitrogens with zero attached hydrogens (tertiary/aromatic N) is 2. The number of aliphatic imine (C=N–C) groups is 1. The second-order valence-electron chi connectivity index (χ2n) is 8.01. The summed E-state index contributed by atoms with van der Waals surface area (Å²) in [5.74, 6) is 1.51. The fourth-order valence-corrected chi connectivity index (χ4v) is 3.92. The number of piperidine rings is 1. The second kappa shape index (κ2) is 14.1. The van der Waals surface area contributed by atoms with Gasteiger partial charge in [-0.25, -0.2) is 0 Å². The molecule has 1 saturated heterocycles. The van der Waals surface area contributed by atoms with Crippen molar-refractivity contribution in [3.8, 4) is 0 Å². The Morgan fingerprint density at radius 1 is 1.03 bits per heavy atom. The minimum atomic E-state index is 0. The molecule has 174 valence electrons. The lowest BCUT2D eigenvalue weighted by atomic mass is 9.93. The summed E-state index contributed by atoms with van der Waals surface area (Å²) in [6.07, 6.45) is 2.65. The van der Waals surface area contributed by atoms with Crippen LogP contribution in [0.4, 0.5) is 0 Å². The van der Waals surface area contributed by atoms with Crippen LogP contribution >= 0.6 is 24.0 Å². The van der Waals surface area contributed by atoms with Gasteiger partial charge in [-0.3, -0.25) is 9.79 Å². The Labute approximate surface area is 208 Å². The first-order valence-electron chi connectivity index (χ1n) is 11.0. The lowest BCUT2D eigenvalue weighted by Crippen LogP contribution is -2.45. The highest BCUT2D eigenvalue weighted by molar-refractivity contribution is 14.0. The van der Waals surface area contributed by atoms with Gasteiger partial charge in [0.2, 0.25) is 5.91 Å². The molecule has 1 aliphatic heterocycles. The molecule has 1 amide bonds. The molecule has 0 bridgehead atoms. The van der Waals surface area contributed by atoms with Gasteiger partial charge in [-0.1, -0.05) is 54.6 Å². The van der Waals surface area contributed by atoms with E-state index in [1.807, 2.05) is 25.2 Å². The summed E-state index contributed by atoms with van der Waals surface area (Å²) in [4.78, 5) is 18.4. The first-order chi connectivity index (χ1) is 15.2. The topological polar surface area (TPSA) is 66.0 Å². The summed E-state index contributed by atoms with van der Waals surface area (Å²) in [6.45, 7) is 3.78. The molecule has 2 aromatic rings. The van der Waals surface area contributed by atoms with Gasteiger partial charge in [0, 0.05) is 40.2 Å². The standard InChI is InChI=1S/C25H34N4O2.HI/c1-26-24(30)16-20-11-13-29(14-12-20)25(27-2)28-17-22-9-6-10-23(15-22)19-31-18-21-7-4-3-5-8-21;/h3-10,15,20H,11-14,16-19H2,1-2H3,(H,26,30)(H,27,28);1H. The Morgan fingerprint density at radius 3 is 2.38 bits per heavy atom. The average molecular weight is 550 g/mol. The van der Waals surface area contributed by atoms with E-state index < -0.39 is 0 Å². The highest BCUT2D eigenvalue weighted by Crippen LogP contribution is 2.20. The van der Waals surface area contributed by atoms with E-state index in [2.05, 4.69) is 56.9 Å². The van der Waals surface area contributed by atoms with E-state index in [4.69, 9.17) is 4.74 Å². The Hall–Kier alpha value is -2.13. The van der Waals surface area contributed by atoms with Crippen LogP contribution in [0.25, 0.3) is 0 Å². The summed E-state index contributed by atoms with van der Waals surface area (Å²) in [7, 11) is 3.53. The SMILES string of the molecule is CN=C(NCc1cccc(COCc2ccccc2)c1)N1CCC(CC(=O)NC)CC1.I. The van der Waals surface area contributed by atoms with E-state index in [1.54, 1.807) is 7.05 Å².